The number of likely N-dealkylation sites (tertiary alicyclic amines) is 1. The van der Waals surface area contributed by atoms with Crippen molar-refractivity contribution in [1.29, 1.82) is 0 Å². The lowest BCUT2D eigenvalue weighted by Gasteiger charge is -2.23. The van der Waals surface area contributed by atoms with E-state index in [2.05, 4.69) is 10.4 Å². The molecular formula is C19H22N4O2. The number of nitrogens with zero attached hydrogens (tertiary/aromatic N) is 3. The number of hydrogen-bond donors (Lipinski definition) is 1. The van der Waals surface area contributed by atoms with Crippen LogP contribution < -0.4 is 5.32 Å². The lowest BCUT2D eigenvalue weighted by Crippen LogP contribution is -2.46. The van der Waals surface area contributed by atoms with Crippen LogP contribution in [0.5, 0.6) is 0 Å². The van der Waals surface area contributed by atoms with Crippen molar-refractivity contribution in [3.05, 3.63) is 47.8 Å². The van der Waals surface area contributed by atoms with E-state index in [0.717, 1.165) is 37.1 Å². The van der Waals surface area contributed by atoms with Gasteiger partial charge < -0.3 is 10.2 Å². The number of benzene rings is 1. The maximum atomic E-state index is 12.9. The van der Waals surface area contributed by atoms with Crippen molar-refractivity contribution in [3.63, 3.8) is 0 Å². The summed E-state index contributed by atoms with van der Waals surface area (Å²) in [7, 11) is 0. The van der Waals surface area contributed by atoms with E-state index >= 15 is 0 Å². The average molecular weight is 338 g/mol. The molecule has 1 aromatic carbocycles. The zero-order valence-corrected chi connectivity index (χ0v) is 14.3. The molecule has 2 aliphatic rings. The molecule has 2 amide bonds. The van der Waals surface area contributed by atoms with E-state index in [1.807, 2.05) is 37.3 Å². The zero-order chi connectivity index (χ0) is 17.4. The third-order valence-electron chi connectivity index (χ3n) is 4.85. The second-order valence-corrected chi connectivity index (χ2v) is 6.86. The Morgan fingerprint density at radius 3 is 2.64 bits per heavy atom. The van der Waals surface area contributed by atoms with Gasteiger partial charge in [-0.15, -0.1) is 0 Å². The monoisotopic (exact) mass is 338 g/mol. The maximum absolute atomic E-state index is 12.9. The predicted octanol–water partition coefficient (Wildman–Crippen LogP) is 2.06. The molecule has 6 heteroatoms. The molecule has 6 nitrogen and oxygen atoms in total. The first kappa shape index (κ1) is 15.9. The number of nitrogens with one attached hydrogen (secondary N) is 1. The predicted molar refractivity (Wildman–Crippen MR) is 93.5 cm³/mol. The Morgan fingerprint density at radius 1 is 1.16 bits per heavy atom. The molecule has 0 radical (unpaired) electrons. The Labute approximate surface area is 146 Å². The number of hydrogen-bond acceptors (Lipinski definition) is 3. The molecule has 1 N–H and O–H groups in total. The Bertz CT molecular complexity index is 795. The van der Waals surface area contributed by atoms with Crippen LogP contribution in [0.15, 0.2) is 36.4 Å². The first-order chi connectivity index (χ1) is 12.1. The third-order valence-corrected chi connectivity index (χ3v) is 4.85. The van der Waals surface area contributed by atoms with Crippen LogP contribution in [0, 0.1) is 6.92 Å². The Morgan fingerprint density at radius 2 is 1.92 bits per heavy atom. The topological polar surface area (TPSA) is 67.2 Å². The molecule has 0 spiro atoms. The van der Waals surface area contributed by atoms with Crippen molar-refractivity contribution in [3.8, 4) is 5.69 Å². The van der Waals surface area contributed by atoms with Gasteiger partial charge in [-0.3, -0.25) is 9.59 Å². The Balaban J connectivity index is 1.55. The van der Waals surface area contributed by atoms with E-state index in [9.17, 15) is 9.59 Å². The smallest absolute Gasteiger partial charge is 0.275 e. The maximum Gasteiger partial charge on any atom is 0.275 e. The van der Waals surface area contributed by atoms with E-state index in [1.165, 1.54) is 0 Å². The highest BCUT2D eigenvalue weighted by Gasteiger charge is 2.37. The standard InChI is InChI=1S/C19H22N4O2/c1-13-12-16(21-23(13)15-6-3-2-4-7-15)19(25)22-11-5-8-17(22)18(24)20-14-9-10-14/h2-4,6-7,12,14,17H,5,8-11H2,1H3,(H,20,24). The summed E-state index contributed by atoms with van der Waals surface area (Å²) in [6, 6.07) is 11.5. The molecule has 25 heavy (non-hydrogen) atoms. The highest BCUT2D eigenvalue weighted by molar-refractivity contribution is 5.96. The van der Waals surface area contributed by atoms with Gasteiger partial charge in [0.05, 0.1) is 5.69 Å². The summed E-state index contributed by atoms with van der Waals surface area (Å²) in [6.07, 6.45) is 3.68. The van der Waals surface area contributed by atoms with Gasteiger partial charge in [-0.05, 0) is 50.8 Å². The lowest BCUT2D eigenvalue weighted by atomic mass is 10.2. The van der Waals surface area contributed by atoms with Gasteiger partial charge >= 0.3 is 0 Å². The molecule has 1 saturated heterocycles. The van der Waals surface area contributed by atoms with Gasteiger partial charge in [0.15, 0.2) is 5.69 Å². The number of carbonyl (C=O) groups excluding carboxylic acids is 2. The normalized spacial score (nSPS) is 19.9. The molecule has 1 saturated carbocycles. The van der Waals surface area contributed by atoms with Crippen molar-refractivity contribution in [2.75, 3.05) is 6.54 Å². The van der Waals surface area contributed by atoms with Crippen molar-refractivity contribution >= 4 is 11.8 Å². The minimum absolute atomic E-state index is 0.0208. The number of aromatic nitrogens is 2. The van der Waals surface area contributed by atoms with E-state index < -0.39 is 0 Å². The average Bonchev–Trinajstić information content (AvgIpc) is 3.15. The van der Waals surface area contributed by atoms with E-state index in [-0.39, 0.29) is 17.9 Å². The van der Waals surface area contributed by atoms with Gasteiger partial charge in [0.25, 0.3) is 5.91 Å². The molecule has 130 valence electrons. The van der Waals surface area contributed by atoms with Crippen molar-refractivity contribution < 1.29 is 9.59 Å². The van der Waals surface area contributed by atoms with E-state index in [4.69, 9.17) is 0 Å². The summed E-state index contributed by atoms with van der Waals surface area (Å²) in [5.74, 6) is -0.182. The highest BCUT2D eigenvalue weighted by Crippen LogP contribution is 2.24. The molecule has 1 atom stereocenters. The molecule has 4 rings (SSSR count). The summed E-state index contributed by atoms with van der Waals surface area (Å²) in [4.78, 5) is 27.0. The van der Waals surface area contributed by atoms with Gasteiger partial charge in [0.1, 0.15) is 6.04 Å². The third kappa shape index (κ3) is 3.16. The SMILES string of the molecule is Cc1cc(C(=O)N2CCCC2C(=O)NC2CC2)nn1-c1ccccc1. The second kappa shape index (κ2) is 6.35. The number of aryl methyl sites for hydroxylation is 1. The number of rotatable bonds is 4. The quantitative estimate of drug-likeness (QED) is 0.928. The summed E-state index contributed by atoms with van der Waals surface area (Å²) in [5.41, 5.74) is 2.21. The van der Waals surface area contributed by atoms with Crippen LogP contribution in [-0.2, 0) is 4.79 Å². The van der Waals surface area contributed by atoms with Gasteiger partial charge in [-0.2, -0.15) is 5.10 Å². The summed E-state index contributed by atoms with van der Waals surface area (Å²) in [5, 5.41) is 7.50. The summed E-state index contributed by atoms with van der Waals surface area (Å²) < 4.78 is 1.77. The molecule has 1 aliphatic heterocycles. The van der Waals surface area contributed by atoms with Crippen molar-refractivity contribution in [1.82, 2.24) is 20.0 Å². The highest BCUT2D eigenvalue weighted by atomic mass is 16.2. The second-order valence-electron chi connectivity index (χ2n) is 6.86. The van der Waals surface area contributed by atoms with Crippen LogP contribution in [-0.4, -0.2) is 45.1 Å². The van der Waals surface area contributed by atoms with Gasteiger partial charge in [0.2, 0.25) is 5.91 Å². The Kier molecular flexibility index (Phi) is 4.03. The van der Waals surface area contributed by atoms with Crippen LogP contribution in [0.1, 0.15) is 41.9 Å². The summed E-state index contributed by atoms with van der Waals surface area (Å²) in [6.45, 7) is 2.54. The molecule has 2 aromatic rings. The first-order valence-corrected chi connectivity index (χ1v) is 8.87. The van der Waals surface area contributed by atoms with Gasteiger partial charge in [-0.1, -0.05) is 18.2 Å². The van der Waals surface area contributed by atoms with E-state index in [1.54, 1.807) is 15.6 Å². The number of para-hydroxylation sites is 1. The lowest BCUT2D eigenvalue weighted by molar-refractivity contribution is -0.125. The largest absolute Gasteiger partial charge is 0.352 e. The minimum Gasteiger partial charge on any atom is -0.352 e. The molecule has 1 aliphatic carbocycles. The van der Waals surface area contributed by atoms with Crippen LogP contribution in [0.4, 0.5) is 0 Å². The molecule has 1 aromatic heterocycles. The molecule has 0 bridgehead atoms. The molecule has 2 heterocycles. The van der Waals surface area contributed by atoms with Gasteiger partial charge in [0, 0.05) is 18.3 Å². The van der Waals surface area contributed by atoms with Gasteiger partial charge in [-0.25, -0.2) is 4.68 Å². The number of amides is 2. The fraction of sp³-hybridized carbons (Fsp3) is 0.421. The zero-order valence-electron chi connectivity index (χ0n) is 14.3. The van der Waals surface area contributed by atoms with Crippen LogP contribution in [0.2, 0.25) is 0 Å². The Hall–Kier alpha value is -2.63. The van der Waals surface area contributed by atoms with E-state index in [0.29, 0.717) is 18.3 Å². The minimum atomic E-state index is -0.365. The van der Waals surface area contributed by atoms with Crippen molar-refractivity contribution in [2.45, 2.75) is 44.7 Å². The molecular weight excluding hydrogens is 316 g/mol. The fourth-order valence-electron chi connectivity index (χ4n) is 3.36. The molecule has 1 unspecified atom stereocenters. The number of carbonyl (C=O) groups is 2. The fourth-order valence-corrected chi connectivity index (χ4v) is 3.36. The van der Waals surface area contributed by atoms with Crippen LogP contribution in [0.3, 0.4) is 0 Å². The van der Waals surface area contributed by atoms with Crippen LogP contribution in [0.25, 0.3) is 5.69 Å². The summed E-state index contributed by atoms with van der Waals surface area (Å²) >= 11 is 0. The molecule has 2 fully saturated rings. The van der Waals surface area contributed by atoms with Crippen LogP contribution >= 0.6 is 0 Å². The van der Waals surface area contributed by atoms with Crippen molar-refractivity contribution in [2.24, 2.45) is 0 Å². The first-order valence-electron chi connectivity index (χ1n) is 8.87.